The van der Waals surface area contributed by atoms with Crippen molar-refractivity contribution in [3.63, 3.8) is 0 Å². The number of hydrazone groups is 1. The highest BCUT2D eigenvalue weighted by molar-refractivity contribution is 6.43. The Morgan fingerprint density at radius 1 is 1.23 bits per heavy atom. The fraction of sp³-hybridized carbons (Fsp3) is 0.556. The van der Waals surface area contributed by atoms with E-state index >= 15 is 0 Å². The van der Waals surface area contributed by atoms with Crippen LogP contribution < -0.4 is 5.43 Å². The Balaban J connectivity index is 3.19. The van der Waals surface area contributed by atoms with E-state index in [4.69, 9.17) is 4.74 Å². The van der Waals surface area contributed by atoms with Crippen LogP contribution in [0.3, 0.4) is 0 Å². The van der Waals surface area contributed by atoms with Crippen molar-refractivity contribution >= 4 is 11.7 Å². The van der Waals surface area contributed by atoms with Crippen molar-refractivity contribution < 1.29 is 9.53 Å². The first-order valence-electron chi connectivity index (χ1n) is 7.96. The highest BCUT2D eigenvalue weighted by Gasteiger charge is 2.21. The van der Waals surface area contributed by atoms with Gasteiger partial charge in [-0.05, 0) is 36.8 Å². The highest BCUT2D eigenvalue weighted by atomic mass is 16.5. The summed E-state index contributed by atoms with van der Waals surface area (Å²) in [5, 5.41) is 4.13. The molecular weight excluding hydrogens is 276 g/mol. The molecule has 0 radical (unpaired) electrons. The second-order valence-corrected chi connectivity index (χ2v) is 5.87. The van der Waals surface area contributed by atoms with Gasteiger partial charge in [0.2, 0.25) is 5.78 Å². The van der Waals surface area contributed by atoms with E-state index in [0.717, 1.165) is 29.5 Å². The van der Waals surface area contributed by atoms with Gasteiger partial charge in [0.25, 0.3) is 5.90 Å². The van der Waals surface area contributed by atoms with Gasteiger partial charge in [-0.15, -0.1) is 5.10 Å². The summed E-state index contributed by atoms with van der Waals surface area (Å²) in [6.07, 6.45) is 1.62. The number of aryl methyl sites for hydroxylation is 3. The maximum atomic E-state index is 12.8. The number of benzene rings is 1. The lowest BCUT2D eigenvalue weighted by Gasteiger charge is -2.14. The maximum Gasteiger partial charge on any atom is 0.279 e. The van der Waals surface area contributed by atoms with E-state index in [9.17, 15) is 4.79 Å². The van der Waals surface area contributed by atoms with Gasteiger partial charge in [0.1, 0.15) is 0 Å². The van der Waals surface area contributed by atoms with E-state index in [0.29, 0.717) is 12.5 Å². The minimum absolute atomic E-state index is 0.119. The number of hydrogen-bond donors (Lipinski definition) is 1. The number of ketones is 1. The quantitative estimate of drug-likeness (QED) is 0.363. The largest absolute Gasteiger partial charge is 0.477 e. The van der Waals surface area contributed by atoms with Crippen LogP contribution in [-0.4, -0.2) is 25.3 Å². The van der Waals surface area contributed by atoms with Gasteiger partial charge in [-0.1, -0.05) is 45.4 Å². The number of carbonyl (C=O) groups is 1. The van der Waals surface area contributed by atoms with Gasteiger partial charge < -0.3 is 10.2 Å². The second-order valence-electron chi connectivity index (χ2n) is 5.87. The van der Waals surface area contributed by atoms with E-state index in [1.165, 1.54) is 12.7 Å². The predicted molar refractivity (Wildman–Crippen MR) is 91.6 cm³/mol. The van der Waals surface area contributed by atoms with Gasteiger partial charge in [-0.25, -0.2) is 0 Å². The van der Waals surface area contributed by atoms with Crippen LogP contribution >= 0.6 is 0 Å². The predicted octanol–water partition coefficient (Wildman–Crippen LogP) is 3.51. The molecule has 0 amide bonds. The van der Waals surface area contributed by atoms with Gasteiger partial charge in [0, 0.05) is 12.1 Å². The zero-order valence-corrected chi connectivity index (χ0v) is 14.6. The first-order chi connectivity index (χ1) is 10.4. The molecule has 1 rings (SSSR count). The van der Waals surface area contributed by atoms with Crippen molar-refractivity contribution in [2.75, 3.05) is 13.7 Å². The van der Waals surface area contributed by atoms with Crippen molar-refractivity contribution in [3.05, 3.63) is 34.4 Å². The molecule has 0 heterocycles. The zero-order chi connectivity index (χ0) is 16.7. The summed E-state index contributed by atoms with van der Waals surface area (Å²) < 4.78 is 5.22. The van der Waals surface area contributed by atoms with Crippen molar-refractivity contribution in [1.29, 1.82) is 0 Å². The summed E-state index contributed by atoms with van der Waals surface area (Å²) in [6.45, 7) is 11.1. The van der Waals surface area contributed by atoms with Gasteiger partial charge in [-0.3, -0.25) is 4.79 Å². The molecule has 0 aliphatic rings. The van der Waals surface area contributed by atoms with Crippen LogP contribution in [0.1, 0.15) is 54.7 Å². The summed E-state index contributed by atoms with van der Waals surface area (Å²) in [5.41, 5.74) is 6.94. The average Bonchev–Trinajstić information content (AvgIpc) is 2.49. The second kappa shape index (κ2) is 8.57. The summed E-state index contributed by atoms with van der Waals surface area (Å²) >= 11 is 0. The van der Waals surface area contributed by atoms with Crippen molar-refractivity contribution in [2.45, 2.75) is 47.5 Å². The number of Topliss-reactive ketones (excluding diaryl/α,β-unsaturated/α-hetero) is 1. The molecule has 0 bridgehead atoms. The SMILES string of the molecule is CCc1cc(C)cc(CC)c1C(=O)/C(=N\NCC(C)C)OC. The van der Waals surface area contributed by atoms with Gasteiger partial charge >= 0.3 is 0 Å². The van der Waals surface area contributed by atoms with Crippen LogP contribution in [0, 0.1) is 12.8 Å². The van der Waals surface area contributed by atoms with Crippen LogP contribution in [0.4, 0.5) is 0 Å². The molecule has 0 aromatic heterocycles. The minimum atomic E-state index is -0.146. The number of ether oxygens (including phenoxy) is 1. The lowest BCUT2D eigenvalue weighted by atomic mass is 9.92. The summed E-state index contributed by atoms with van der Waals surface area (Å²) in [4.78, 5) is 12.8. The van der Waals surface area contributed by atoms with Crippen molar-refractivity contribution in [2.24, 2.45) is 11.0 Å². The lowest BCUT2D eigenvalue weighted by Crippen LogP contribution is -2.24. The molecule has 22 heavy (non-hydrogen) atoms. The standard InChI is InChI=1S/C18H28N2O2/c1-7-14-9-13(5)10-15(8-2)16(14)17(21)18(22-6)20-19-11-12(3)4/h9-10,12,19H,7-8,11H2,1-6H3/b20-18+. The average molecular weight is 304 g/mol. The number of hydrogen-bond acceptors (Lipinski definition) is 4. The number of nitrogens with one attached hydrogen (secondary N) is 1. The Morgan fingerprint density at radius 3 is 2.18 bits per heavy atom. The third-order valence-corrected chi connectivity index (χ3v) is 3.50. The third-order valence-electron chi connectivity index (χ3n) is 3.50. The van der Waals surface area contributed by atoms with E-state index in [2.05, 4.69) is 57.3 Å². The molecule has 4 heteroatoms. The lowest BCUT2D eigenvalue weighted by molar-refractivity contribution is 0.103. The molecule has 0 spiro atoms. The van der Waals surface area contributed by atoms with Crippen LogP contribution in [0.5, 0.6) is 0 Å². The highest BCUT2D eigenvalue weighted by Crippen LogP contribution is 2.20. The molecule has 0 saturated heterocycles. The molecule has 1 N–H and O–H groups in total. The Bertz CT molecular complexity index is 523. The van der Waals surface area contributed by atoms with E-state index in [-0.39, 0.29) is 11.7 Å². The molecule has 0 unspecified atom stereocenters. The molecule has 0 atom stereocenters. The number of nitrogens with zero attached hydrogens (tertiary/aromatic N) is 1. The third kappa shape index (κ3) is 4.58. The topological polar surface area (TPSA) is 50.7 Å². The van der Waals surface area contributed by atoms with Gasteiger partial charge in [0.15, 0.2) is 0 Å². The summed E-state index contributed by atoms with van der Waals surface area (Å²) in [6, 6.07) is 4.14. The molecule has 0 aliphatic carbocycles. The Kier molecular flexibility index (Phi) is 7.09. The maximum absolute atomic E-state index is 12.8. The number of rotatable bonds is 7. The fourth-order valence-corrected chi connectivity index (χ4v) is 2.39. The first kappa shape index (κ1) is 18.2. The van der Waals surface area contributed by atoms with E-state index in [1.54, 1.807) is 0 Å². The summed E-state index contributed by atoms with van der Waals surface area (Å²) in [5.74, 6) is 0.426. The van der Waals surface area contributed by atoms with Crippen LogP contribution in [0.2, 0.25) is 0 Å². The van der Waals surface area contributed by atoms with E-state index in [1.807, 2.05) is 0 Å². The molecular formula is C18H28N2O2. The Labute approximate surface area is 134 Å². The normalized spacial score (nSPS) is 11.7. The van der Waals surface area contributed by atoms with E-state index < -0.39 is 0 Å². The zero-order valence-electron chi connectivity index (χ0n) is 14.6. The molecule has 1 aromatic carbocycles. The molecule has 1 aromatic rings. The molecule has 122 valence electrons. The van der Waals surface area contributed by atoms with Gasteiger partial charge in [-0.2, -0.15) is 0 Å². The smallest absolute Gasteiger partial charge is 0.279 e. The van der Waals surface area contributed by atoms with Crippen LogP contribution in [0.15, 0.2) is 17.2 Å². The molecule has 0 fully saturated rings. The van der Waals surface area contributed by atoms with Crippen molar-refractivity contribution in [3.8, 4) is 0 Å². The Hall–Kier alpha value is -1.84. The van der Waals surface area contributed by atoms with Crippen LogP contribution in [0.25, 0.3) is 0 Å². The Morgan fingerprint density at radius 2 is 1.77 bits per heavy atom. The number of carbonyl (C=O) groups excluding carboxylic acids is 1. The number of methoxy groups -OCH3 is 1. The summed E-state index contributed by atoms with van der Waals surface area (Å²) in [7, 11) is 1.49. The minimum Gasteiger partial charge on any atom is -0.477 e. The first-order valence-corrected chi connectivity index (χ1v) is 7.96. The van der Waals surface area contributed by atoms with Crippen LogP contribution in [-0.2, 0) is 17.6 Å². The monoisotopic (exact) mass is 304 g/mol. The molecule has 0 aliphatic heterocycles. The van der Waals surface area contributed by atoms with Crippen molar-refractivity contribution in [1.82, 2.24) is 5.43 Å². The molecule has 4 nitrogen and oxygen atoms in total. The van der Waals surface area contributed by atoms with Gasteiger partial charge in [0.05, 0.1) is 7.11 Å². The molecule has 0 saturated carbocycles. The fourth-order valence-electron chi connectivity index (χ4n) is 2.39.